The lowest BCUT2D eigenvalue weighted by Gasteiger charge is -2.08. The molecule has 0 aliphatic carbocycles. The Morgan fingerprint density at radius 3 is 2.44 bits per heavy atom. The molecule has 0 saturated carbocycles. The quantitative estimate of drug-likeness (QED) is 0.895. The minimum absolute atomic E-state index is 0.566. The molecule has 1 aromatic carbocycles. The zero-order chi connectivity index (χ0) is 13.1. The molecule has 0 amide bonds. The van der Waals surface area contributed by atoms with E-state index >= 15 is 0 Å². The summed E-state index contributed by atoms with van der Waals surface area (Å²) in [5.41, 5.74) is 9.46. The number of aromatic nitrogens is 2. The Balaban J connectivity index is 2.30. The number of hydrogen-bond acceptors (Lipinski definition) is 2. The lowest BCUT2D eigenvalue weighted by Crippen LogP contribution is -2.06. The second-order valence-electron chi connectivity index (χ2n) is 5.08. The highest BCUT2D eigenvalue weighted by molar-refractivity contribution is 5.70. The Morgan fingerprint density at radius 2 is 1.89 bits per heavy atom. The van der Waals surface area contributed by atoms with Crippen molar-refractivity contribution in [1.29, 1.82) is 0 Å². The molecule has 1 heterocycles. The van der Waals surface area contributed by atoms with Crippen LogP contribution in [0.15, 0.2) is 30.6 Å². The van der Waals surface area contributed by atoms with Gasteiger partial charge < -0.3 is 10.3 Å². The van der Waals surface area contributed by atoms with Crippen LogP contribution < -0.4 is 5.73 Å². The first-order valence-electron chi connectivity index (χ1n) is 6.51. The number of nitrogen functional groups attached to an aromatic ring is 1. The van der Waals surface area contributed by atoms with Gasteiger partial charge in [0.25, 0.3) is 0 Å². The van der Waals surface area contributed by atoms with Crippen LogP contribution in [0.4, 0.5) is 5.82 Å². The lowest BCUT2D eigenvalue weighted by molar-refractivity contribution is 0.527. The Bertz CT molecular complexity index is 509. The fourth-order valence-corrected chi connectivity index (χ4v) is 2.05. The van der Waals surface area contributed by atoms with Gasteiger partial charge >= 0.3 is 0 Å². The summed E-state index contributed by atoms with van der Waals surface area (Å²) in [6.45, 7) is 7.41. The zero-order valence-electron chi connectivity index (χ0n) is 11.4. The number of rotatable bonds is 4. The van der Waals surface area contributed by atoms with Gasteiger partial charge in [-0.15, -0.1) is 0 Å². The molecule has 2 aromatic rings. The third-order valence-corrected chi connectivity index (χ3v) is 3.08. The van der Waals surface area contributed by atoms with Gasteiger partial charge in [0.1, 0.15) is 11.5 Å². The van der Waals surface area contributed by atoms with Gasteiger partial charge in [-0.3, -0.25) is 0 Å². The number of nitrogens with zero attached hydrogens (tertiary/aromatic N) is 2. The Morgan fingerprint density at radius 1 is 1.22 bits per heavy atom. The van der Waals surface area contributed by atoms with Crippen molar-refractivity contribution in [2.24, 2.45) is 5.92 Å². The van der Waals surface area contributed by atoms with Crippen molar-refractivity contribution < 1.29 is 0 Å². The van der Waals surface area contributed by atoms with Crippen molar-refractivity contribution in [2.75, 3.05) is 5.73 Å². The molecular weight excluding hydrogens is 222 g/mol. The van der Waals surface area contributed by atoms with Crippen LogP contribution in [0.1, 0.15) is 26.3 Å². The minimum Gasteiger partial charge on any atom is -0.383 e. The molecule has 0 aliphatic rings. The van der Waals surface area contributed by atoms with E-state index in [1.807, 2.05) is 10.9 Å². The minimum atomic E-state index is 0.566. The summed E-state index contributed by atoms with van der Waals surface area (Å²) in [6.07, 6.45) is 2.88. The number of nitrogens with two attached hydrogens (primary N) is 1. The molecule has 0 saturated heterocycles. The van der Waals surface area contributed by atoms with E-state index < -0.39 is 0 Å². The maximum atomic E-state index is 6.15. The summed E-state index contributed by atoms with van der Waals surface area (Å²) in [6, 6.07) is 8.46. The first-order valence-corrected chi connectivity index (χ1v) is 6.51. The number of anilines is 1. The number of aryl methyl sites for hydroxylation is 1. The molecule has 3 nitrogen and oxygen atoms in total. The monoisotopic (exact) mass is 243 g/mol. The second kappa shape index (κ2) is 5.25. The van der Waals surface area contributed by atoms with Crippen molar-refractivity contribution >= 4 is 5.82 Å². The molecule has 2 rings (SSSR count). The standard InChI is InChI=1S/C15H21N3/c1-4-12-5-7-13(8-6-12)14-15(16)18(10-17-14)9-11(2)3/h5-8,10-11H,4,9,16H2,1-3H3. The summed E-state index contributed by atoms with van der Waals surface area (Å²) in [7, 11) is 0. The van der Waals surface area contributed by atoms with Crippen LogP contribution in [-0.2, 0) is 13.0 Å². The maximum Gasteiger partial charge on any atom is 0.131 e. The highest BCUT2D eigenvalue weighted by Gasteiger charge is 2.10. The smallest absolute Gasteiger partial charge is 0.131 e. The van der Waals surface area contributed by atoms with Gasteiger partial charge in [-0.05, 0) is 17.9 Å². The number of hydrogen-bond donors (Lipinski definition) is 1. The van der Waals surface area contributed by atoms with Gasteiger partial charge in [-0.1, -0.05) is 45.0 Å². The summed E-state index contributed by atoms with van der Waals surface area (Å²) in [4.78, 5) is 4.43. The summed E-state index contributed by atoms with van der Waals surface area (Å²) in [5, 5.41) is 0. The van der Waals surface area contributed by atoms with Crippen molar-refractivity contribution in [3.05, 3.63) is 36.2 Å². The van der Waals surface area contributed by atoms with Crippen molar-refractivity contribution in [2.45, 2.75) is 33.7 Å². The Hall–Kier alpha value is -1.77. The normalized spacial score (nSPS) is 11.1. The van der Waals surface area contributed by atoms with Gasteiger partial charge in [-0.25, -0.2) is 4.98 Å². The topological polar surface area (TPSA) is 43.8 Å². The van der Waals surface area contributed by atoms with Crippen LogP contribution >= 0.6 is 0 Å². The average molecular weight is 243 g/mol. The van der Waals surface area contributed by atoms with Crippen LogP contribution in [-0.4, -0.2) is 9.55 Å². The largest absolute Gasteiger partial charge is 0.383 e. The van der Waals surface area contributed by atoms with Gasteiger partial charge in [0.15, 0.2) is 0 Å². The fourth-order valence-electron chi connectivity index (χ4n) is 2.05. The molecule has 0 atom stereocenters. The maximum absolute atomic E-state index is 6.15. The molecule has 0 aliphatic heterocycles. The van der Waals surface area contributed by atoms with Gasteiger partial charge in [-0.2, -0.15) is 0 Å². The average Bonchev–Trinajstić information content (AvgIpc) is 2.71. The van der Waals surface area contributed by atoms with E-state index in [-0.39, 0.29) is 0 Å². The fraction of sp³-hybridized carbons (Fsp3) is 0.400. The first kappa shape index (κ1) is 12.7. The van der Waals surface area contributed by atoms with E-state index in [0.717, 1.165) is 30.0 Å². The van der Waals surface area contributed by atoms with Crippen molar-refractivity contribution in [3.8, 4) is 11.3 Å². The van der Waals surface area contributed by atoms with Gasteiger partial charge in [0, 0.05) is 12.1 Å². The molecule has 18 heavy (non-hydrogen) atoms. The van der Waals surface area contributed by atoms with E-state index in [1.54, 1.807) is 0 Å². The summed E-state index contributed by atoms with van der Waals surface area (Å²) in [5.74, 6) is 1.32. The van der Waals surface area contributed by atoms with Crippen molar-refractivity contribution in [1.82, 2.24) is 9.55 Å². The third-order valence-electron chi connectivity index (χ3n) is 3.08. The second-order valence-corrected chi connectivity index (χ2v) is 5.08. The van der Waals surface area contributed by atoms with E-state index in [4.69, 9.17) is 5.73 Å². The lowest BCUT2D eigenvalue weighted by atomic mass is 10.1. The molecule has 0 fully saturated rings. The zero-order valence-corrected chi connectivity index (χ0v) is 11.4. The predicted molar refractivity (Wildman–Crippen MR) is 76.3 cm³/mol. The summed E-state index contributed by atoms with van der Waals surface area (Å²) < 4.78 is 2.02. The molecule has 0 spiro atoms. The SMILES string of the molecule is CCc1ccc(-c2ncn(CC(C)C)c2N)cc1. The highest BCUT2D eigenvalue weighted by Crippen LogP contribution is 2.25. The highest BCUT2D eigenvalue weighted by atomic mass is 15.1. The molecule has 0 unspecified atom stereocenters. The van der Waals surface area contributed by atoms with Gasteiger partial charge in [0.05, 0.1) is 6.33 Å². The van der Waals surface area contributed by atoms with E-state index in [0.29, 0.717) is 5.92 Å². The first-order chi connectivity index (χ1) is 8.61. The molecular formula is C15H21N3. The number of benzene rings is 1. The van der Waals surface area contributed by atoms with Crippen molar-refractivity contribution in [3.63, 3.8) is 0 Å². The van der Waals surface area contributed by atoms with Crippen LogP contribution in [0.3, 0.4) is 0 Å². The van der Waals surface area contributed by atoms with E-state index in [9.17, 15) is 0 Å². The van der Waals surface area contributed by atoms with Crippen LogP contribution in [0.2, 0.25) is 0 Å². The van der Waals surface area contributed by atoms with Crippen LogP contribution in [0.5, 0.6) is 0 Å². The molecule has 2 N–H and O–H groups in total. The Labute approximate surface area is 109 Å². The molecule has 0 bridgehead atoms. The van der Waals surface area contributed by atoms with Gasteiger partial charge in [0.2, 0.25) is 0 Å². The number of imidazole rings is 1. The molecule has 1 aromatic heterocycles. The van der Waals surface area contributed by atoms with E-state index in [1.165, 1.54) is 5.56 Å². The van der Waals surface area contributed by atoms with E-state index in [2.05, 4.69) is 50.0 Å². The summed E-state index contributed by atoms with van der Waals surface area (Å²) >= 11 is 0. The Kier molecular flexibility index (Phi) is 3.70. The van der Waals surface area contributed by atoms with Crippen LogP contribution in [0.25, 0.3) is 11.3 Å². The molecule has 96 valence electrons. The molecule has 0 radical (unpaired) electrons. The molecule has 3 heteroatoms. The predicted octanol–water partition coefficient (Wildman–Crippen LogP) is 3.35. The third kappa shape index (κ3) is 2.55. The van der Waals surface area contributed by atoms with Crippen LogP contribution in [0, 0.1) is 5.92 Å².